The van der Waals surface area contributed by atoms with E-state index in [-0.39, 0.29) is 5.91 Å². The molecule has 2 heterocycles. The second kappa shape index (κ2) is 6.11. The molecule has 0 saturated carbocycles. The summed E-state index contributed by atoms with van der Waals surface area (Å²) >= 11 is 1.52. The number of carbonyl (C=O) groups excluding carboxylic acids is 1. The highest BCUT2D eigenvalue weighted by Gasteiger charge is 2.11. The molecule has 2 aromatic heterocycles. The summed E-state index contributed by atoms with van der Waals surface area (Å²) in [6.07, 6.45) is 3.41. The molecule has 2 aromatic rings. The van der Waals surface area contributed by atoms with Crippen LogP contribution in [0.15, 0.2) is 30.0 Å². The lowest BCUT2D eigenvalue weighted by Crippen LogP contribution is -2.24. The predicted molar refractivity (Wildman–Crippen MR) is 71.7 cm³/mol. The number of anilines is 1. The lowest BCUT2D eigenvalue weighted by atomic mass is 10.2. The number of carbonyl (C=O) groups is 1. The molecule has 0 saturated heterocycles. The highest BCUT2D eigenvalue weighted by Crippen LogP contribution is 2.11. The fourth-order valence-electron chi connectivity index (χ4n) is 1.49. The summed E-state index contributed by atoms with van der Waals surface area (Å²) in [6, 6.07) is 3.51. The van der Waals surface area contributed by atoms with Gasteiger partial charge in [-0.15, -0.1) is 11.3 Å². The Kier molecular flexibility index (Phi) is 4.25. The first-order valence-electron chi connectivity index (χ1n) is 5.65. The molecule has 0 aliphatic heterocycles. The highest BCUT2D eigenvalue weighted by molar-refractivity contribution is 7.09. The quantitative estimate of drug-likeness (QED) is 0.863. The van der Waals surface area contributed by atoms with Crippen molar-refractivity contribution >= 4 is 23.1 Å². The van der Waals surface area contributed by atoms with Crippen LogP contribution in [0.3, 0.4) is 0 Å². The molecule has 2 rings (SSSR count). The van der Waals surface area contributed by atoms with Crippen LogP contribution >= 0.6 is 11.3 Å². The van der Waals surface area contributed by atoms with Gasteiger partial charge in [0.05, 0.1) is 17.6 Å². The van der Waals surface area contributed by atoms with E-state index in [1.165, 1.54) is 11.3 Å². The monoisotopic (exact) mass is 262 g/mol. The summed E-state index contributed by atoms with van der Waals surface area (Å²) in [4.78, 5) is 21.2. The first-order chi connectivity index (χ1) is 8.81. The van der Waals surface area contributed by atoms with Gasteiger partial charge in [0.15, 0.2) is 0 Å². The van der Waals surface area contributed by atoms with E-state index in [9.17, 15) is 4.79 Å². The fourth-order valence-corrected chi connectivity index (χ4v) is 2.02. The van der Waals surface area contributed by atoms with Gasteiger partial charge in [-0.05, 0) is 19.1 Å². The molecule has 0 unspecified atom stereocenters. The number of hydrogen-bond donors (Lipinski definition) is 2. The minimum atomic E-state index is -0.132. The minimum Gasteiger partial charge on any atom is -0.370 e. The van der Waals surface area contributed by atoms with E-state index >= 15 is 0 Å². The largest absolute Gasteiger partial charge is 0.370 e. The van der Waals surface area contributed by atoms with Gasteiger partial charge in [0.1, 0.15) is 5.82 Å². The Morgan fingerprint density at radius 3 is 3.11 bits per heavy atom. The van der Waals surface area contributed by atoms with E-state index in [4.69, 9.17) is 0 Å². The molecule has 6 heteroatoms. The first kappa shape index (κ1) is 12.5. The zero-order valence-corrected chi connectivity index (χ0v) is 10.8. The molecule has 0 spiro atoms. The molecule has 0 aromatic carbocycles. The molecular weight excluding hydrogens is 248 g/mol. The number of hydrogen-bond acceptors (Lipinski definition) is 5. The fraction of sp³-hybridized carbons (Fsp3) is 0.250. The van der Waals surface area contributed by atoms with Crippen molar-refractivity contribution in [2.24, 2.45) is 0 Å². The molecule has 2 N–H and O–H groups in total. The molecule has 94 valence electrons. The molecule has 0 aliphatic carbocycles. The van der Waals surface area contributed by atoms with E-state index < -0.39 is 0 Å². The van der Waals surface area contributed by atoms with Crippen LogP contribution in [0.2, 0.25) is 0 Å². The van der Waals surface area contributed by atoms with E-state index in [2.05, 4.69) is 20.6 Å². The lowest BCUT2D eigenvalue weighted by molar-refractivity contribution is 0.0952. The summed E-state index contributed by atoms with van der Waals surface area (Å²) < 4.78 is 0. The Labute approximate surface area is 109 Å². The number of rotatable bonds is 5. The number of aromatic nitrogens is 2. The van der Waals surface area contributed by atoms with Crippen molar-refractivity contribution < 1.29 is 4.79 Å². The number of thiazole rings is 1. The van der Waals surface area contributed by atoms with Gasteiger partial charge >= 0.3 is 0 Å². The Balaban J connectivity index is 2.04. The Morgan fingerprint density at radius 2 is 2.39 bits per heavy atom. The zero-order valence-electron chi connectivity index (χ0n) is 10.0. The average Bonchev–Trinajstić information content (AvgIpc) is 2.90. The van der Waals surface area contributed by atoms with Crippen LogP contribution in [0, 0.1) is 0 Å². The van der Waals surface area contributed by atoms with Crippen molar-refractivity contribution in [3.05, 3.63) is 40.5 Å². The van der Waals surface area contributed by atoms with Crippen molar-refractivity contribution in [2.45, 2.75) is 13.5 Å². The van der Waals surface area contributed by atoms with E-state index in [1.54, 1.807) is 30.0 Å². The van der Waals surface area contributed by atoms with Crippen LogP contribution in [-0.4, -0.2) is 22.4 Å². The van der Waals surface area contributed by atoms with E-state index in [0.29, 0.717) is 17.9 Å². The molecular formula is C12H14N4OS. The summed E-state index contributed by atoms with van der Waals surface area (Å²) in [5, 5.41) is 5.92. The average molecular weight is 262 g/mol. The number of nitrogens with zero attached hydrogens (tertiary/aromatic N) is 2. The molecule has 0 fully saturated rings. The van der Waals surface area contributed by atoms with Gasteiger partial charge in [0.2, 0.25) is 0 Å². The van der Waals surface area contributed by atoms with Crippen molar-refractivity contribution in [3.63, 3.8) is 0 Å². The zero-order chi connectivity index (χ0) is 12.8. The molecule has 18 heavy (non-hydrogen) atoms. The summed E-state index contributed by atoms with van der Waals surface area (Å²) in [5.41, 5.74) is 2.30. The maximum atomic E-state index is 12.0. The van der Waals surface area contributed by atoms with Crippen LogP contribution in [0.4, 0.5) is 5.82 Å². The Hall–Kier alpha value is -1.95. The van der Waals surface area contributed by atoms with Crippen LogP contribution in [0.1, 0.15) is 22.2 Å². The smallest absolute Gasteiger partial charge is 0.255 e. The molecule has 5 nitrogen and oxygen atoms in total. The molecule has 0 atom stereocenters. The van der Waals surface area contributed by atoms with Gasteiger partial charge in [0.25, 0.3) is 5.91 Å². The second-order valence-electron chi connectivity index (χ2n) is 3.58. The third-order valence-corrected chi connectivity index (χ3v) is 3.08. The predicted octanol–water partition coefficient (Wildman–Crippen LogP) is 1.90. The standard InChI is InChI=1S/C12H14N4OS/c1-2-14-11-10(4-3-5-15-11)12(17)16-7-9-6-13-8-18-9/h3-6,8H,2,7H2,1H3,(H,14,15)(H,16,17). The number of amides is 1. The van der Waals surface area contributed by atoms with Gasteiger partial charge in [-0.1, -0.05) is 0 Å². The summed E-state index contributed by atoms with van der Waals surface area (Å²) in [7, 11) is 0. The third-order valence-electron chi connectivity index (χ3n) is 2.30. The summed E-state index contributed by atoms with van der Waals surface area (Å²) in [5.74, 6) is 0.481. The third kappa shape index (κ3) is 3.04. The van der Waals surface area contributed by atoms with Crippen molar-refractivity contribution in [3.8, 4) is 0 Å². The minimum absolute atomic E-state index is 0.132. The molecule has 0 bridgehead atoms. The van der Waals surface area contributed by atoms with Gasteiger partial charge < -0.3 is 10.6 Å². The van der Waals surface area contributed by atoms with Crippen molar-refractivity contribution in [1.82, 2.24) is 15.3 Å². The van der Waals surface area contributed by atoms with Crippen LogP contribution in [0.5, 0.6) is 0 Å². The normalized spacial score (nSPS) is 10.1. The van der Waals surface area contributed by atoms with Gasteiger partial charge in [-0.2, -0.15) is 0 Å². The molecule has 0 aliphatic rings. The van der Waals surface area contributed by atoms with Crippen molar-refractivity contribution in [2.75, 3.05) is 11.9 Å². The van der Waals surface area contributed by atoms with Gasteiger partial charge in [-0.3, -0.25) is 9.78 Å². The van der Waals surface area contributed by atoms with Gasteiger partial charge in [0, 0.05) is 23.8 Å². The maximum absolute atomic E-state index is 12.0. The second-order valence-corrected chi connectivity index (χ2v) is 4.55. The molecule has 1 amide bonds. The lowest BCUT2D eigenvalue weighted by Gasteiger charge is -2.09. The van der Waals surface area contributed by atoms with Gasteiger partial charge in [-0.25, -0.2) is 4.98 Å². The number of nitrogens with one attached hydrogen (secondary N) is 2. The van der Waals surface area contributed by atoms with E-state index in [1.807, 2.05) is 6.92 Å². The Morgan fingerprint density at radius 1 is 1.50 bits per heavy atom. The van der Waals surface area contributed by atoms with E-state index in [0.717, 1.165) is 11.4 Å². The van der Waals surface area contributed by atoms with Crippen LogP contribution < -0.4 is 10.6 Å². The summed E-state index contributed by atoms with van der Waals surface area (Å²) in [6.45, 7) is 3.18. The Bertz CT molecular complexity index is 513. The van der Waals surface area contributed by atoms with Crippen LogP contribution in [-0.2, 0) is 6.54 Å². The number of pyridine rings is 1. The van der Waals surface area contributed by atoms with Crippen molar-refractivity contribution in [1.29, 1.82) is 0 Å². The SMILES string of the molecule is CCNc1ncccc1C(=O)NCc1cncs1. The highest BCUT2D eigenvalue weighted by atomic mass is 32.1. The maximum Gasteiger partial charge on any atom is 0.255 e. The topological polar surface area (TPSA) is 66.9 Å². The van der Waals surface area contributed by atoms with Crippen LogP contribution in [0.25, 0.3) is 0 Å². The first-order valence-corrected chi connectivity index (χ1v) is 6.53. The molecule has 0 radical (unpaired) electrons.